The van der Waals surface area contributed by atoms with Crippen LogP contribution in [0, 0.1) is 11.7 Å². The number of carbonyl (C=O) groups is 1. The highest BCUT2D eigenvalue weighted by Crippen LogP contribution is 2.22. The van der Waals surface area contributed by atoms with Crippen molar-refractivity contribution >= 4 is 30.1 Å². The SMILES string of the molecule is CC(CSc1ccc(F)cc1)C(=O)N1CCC(N)CC1.Cl. The molecule has 2 N–H and O–H groups in total. The number of piperidine rings is 1. The van der Waals surface area contributed by atoms with E-state index in [9.17, 15) is 9.18 Å². The van der Waals surface area contributed by atoms with E-state index in [1.807, 2.05) is 11.8 Å². The molecule has 1 amide bonds. The molecule has 1 saturated heterocycles. The summed E-state index contributed by atoms with van der Waals surface area (Å²) in [4.78, 5) is 15.2. The van der Waals surface area contributed by atoms with Crippen LogP contribution in [0.5, 0.6) is 0 Å². The molecule has 1 atom stereocenters. The predicted octanol–water partition coefficient (Wildman–Crippen LogP) is 2.93. The molecular formula is C15H22ClFN2OS. The normalized spacial score (nSPS) is 17.2. The van der Waals surface area contributed by atoms with Gasteiger partial charge >= 0.3 is 0 Å². The van der Waals surface area contributed by atoms with E-state index in [0.717, 1.165) is 30.8 Å². The lowest BCUT2D eigenvalue weighted by molar-refractivity contribution is -0.135. The molecule has 1 aromatic carbocycles. The fourth-order valence-corrected chi connectivity index (χ4v) is 3.17. The lowest BCUT2D eigenvalue weighted by Gasteiger charge is -2.32. The quantitative estimate of drug-likeness (QED) is 0.862. The van der Waals surface area contributed by atoms with Gasteiger partial charge in [0.25, 0.3) is 0 Å². The Labute approximate surface area is 135 Å². The Kier molecular flexibility index (Phi) is 7.49. The lowest BCUT2D eigenvalue weighted by Crippen LogP contribution is -2.45. The van der Waals surface area contributed by atoms with Crippen molar-refractivity contribution < 1.29 is 9.18 Å². The van der Waals surface area contributed by atoms with E-state index >= 15 is 0 Å². The second-order valence-electron chi connectivity index (χ2n) is 5.33. The fourth-order valence-electron chi connectivity index (χ4n) is 2.25. The zero-order valence-electron chi connectivity index (χ0n) is 12.1. The molecule has 118 valence electrons. The van der Waals surface area contributed by atoms with Crippen LogP contribution >= 0.6 is 24.2 Å². The van der Waals surface area contributed by atoms with E-state index in [4.69, 9.17) is 5.73 Å². The first-order valence-corrected chi connectivity index (χ1v) is 7.97. The number of hydrogen-bond donors (Lipinski definition) is 1. The summed E-state index contributed by atoms with van der Waals surface area (Å²) in [6, 6.07) is 6.62. The van der Waals surface area contributed by atoms with Gasteiger partial charge in [0, 0.05) is 35.7 Å². The molecule has 0 bridgehead atoms. The van der Waals surface area contributed by atoms with Gasteiger partial charge in [0.1, 0.15) is 5.82 Å². The third kappa shape index (κ3) is 5.49. The third-order valence-corrected chi connectivity index (χ3v) is 4.86. The Morgan fingerprint density at radius 1 is 1.38 bits per heavy atom. The summed E-state index contributed by atoms with van der Waals surface area (Å²) in [5.74, 6) is 0.654. The largest absolute Gasteiger partial charge is 0.342 e. The van der Waals surface area contributed by atoms with Crippen molar-refractivity contribution in [2.24, 2.45) is 11.7 Å². The maximum absolute atomic E-state index is 12.8. The molecule has 1 fully saturated rings. The van der Waals surface area contributed by atoms with Gasteiger partial charge in [0.2, 0.25) is 5.91 Å². The lowest BCUT2D eigenvalue weighted by atomic mass is 10.0. The standard InChI is InChI=1S/C15H21FN2OS.ClH/c1-11(10-20-14-4-2-12(16)3-5-14)15(19)18-8-6-13(17)7-9-18;/h2-5,11,13H,6-10,17H2,1H3;1H. The second kappa shape index (κ2) is 8.61. The van der Waals surface area contributed by atoms with Crippen molar-refractivity contribution in [2.75, 3.05) is 18.8 Å². The smallest absolute Gasteiger partial charge is 0.226 e. The number of rotatable bonds is 4. The van der Waals surface area contributed by atoms with E-state index in [1.165, 1.54) is 12.1 Å². The minimum Gasteiger partial charge on any atom is -0.342 e. The van der Waals surface area contributed by atoms with Gasteiger partial charge in [0.05, 0.1) is 0 Å². The minimum absolute atomic E-state index is 0. The monoisotopic (exact) mass is 332 g/mol. The molecule has 6 heteroatoms. The van der Waals surface area contributed by atoms with Crippen LogP contribution < -0.4 is 5.73 Å². The number of carbonyl (C=O) groups excluding carboxylic acids is 1. The molecule has 1 aliphatic rings. The number of thioether (sulfide) groups is 1. The number of nitrogens with zero attached hydrogens (tertiary/aromatic N) is 1. The van der Waals surface area contributed by atoms with E-state index in [2.05, 4.69) is 0 Å². The summed E-state index contributed by atoms with van der Waals surface area (Å²) in [5, 5.41) is 0. The maximum atomic E-state index is 12.8. The Hall–Kier alpha value is -0.780. The van der Waals surface area contributed by atoms with E-state index < -0.39 is 0 Å². The average Bonchev–Trinajstić information content (AvgIpc) is 2.46. The molecule has 1 aromatic rings. The third-order valence-electron chi connectivity index (χ3n) is 3.59. The first-order valence-electron chi connectivity index (χ1n) is 6.99. The van der Waals surface area contributed by atoms with Crippen LogP contribution in [0.3, 0.4) is 0 Å². The molecule has 2 rings (SSSR count). The van der Waals surface area contributed by atoms with Gasteiger partial charge in [-0.15, -0.1) is 24.2 Å². The minimum atomic E-state index is -0.233. The molecule has 1 aliphatic heterocycles. The second-order valence-corrected chi connectivity index (χ2v) is 6.42. The van der Waals surface area contributed by atoms with Crippen LogP contribution in [-0.2, 0) is 4.79 Å². The van der Waals surface area contributed by atoms with E-state index in [1.54, 1.807) is 23.9 Å². The topological polar surface area (TPSA) is 46.3 Å². The number of nitrogens with two attached hydrogens (primary N) is 1. The van der Waals surface area contributed by atoms with Gasteiger partial charge in [-0.25, -0.2) is 4.39 Å². The summed E-state index contributed by atoms with van der Waals surface area (Å²) in [6.45, 7) is 3.49. The van der Waals surface area contributed by atoms with Gasteiger partial charge in [-0.2, -0.15) is 0 Å². The predicted molar refractivity (Wildman–Crippen MR) is 87.3 cm³/mol. The highest BCUT2D eigenvalue weighted by molar-refractivity contribution is 7.99. The molecular weight excluding hydrogens is 311 g/mol. The zero-order valence-corrected chi connectivity index (χ0v) is 13.8. The summed E-state index contributed by atoms with van der Waals surface area (Å²) < 4.78 is 12.8. The van der Waals surface area contributed by atoms with Gasteiger partial charge in [-0.3, -0.25) is 4.79 Å². The summed E-state index contributed by atoms with van der Waals surface area (Å²) in [6.07, 6.45) is 1.78. The molecule has 0 aromatic heterocycles. The first-order chi connectivity index (χ1) is 9.56. The Balaban J connectivity index is 0.00000220. The van der Waals surface area contributed by atoms with Gasteiger partial charge in [0.15, 0.2) is 0 Å². The highest BCUT2D eigenvalue weighted by Gasteiger charge is 2.24. The van der Waals surface area contributed by atoms with Crippen LogP contribution in [0.4, 0.5) is 4.39 Å². The molecule has 1 heterocycles. The van der Waals surface area contributed by atoms with Crippen LogP contribution in [0.1, 0.15) is 19.8 Å². The van der Waals surface area contributed by atoms with E-state index in [0.29, 0.717) is 5.75 Å². The molecule has 0 aliphatic carbocycles. The van der Waals surface area contributed by atoms with Crippen LogP contribution in [0.2, 0.25) is 0 Å². The fraction of sp³-hybridized carbons (Fsp3) is 0.533. The van der Waals surface area contributed by atoms with Crippen molar-refractivity contribution in [1.29, 1.82) is 0 Å². The molecule has 1 unspecified atom stereocenters. The molecule has 21 heavy (non-hydrogen) atoms. The molecule has 0 radical (unpaired) electrons. The number of hydrogen-bond acceptors (Lipinski definition) is 3. The van der Waals surface area contributed by atoms with Crippen LogP contribution in [-0.4, -0.2) is 35.7 Å². The summed E-state index contributed by atoms with van der Waals surface area (Å²) in [5.41, 5.74) is 5.85. The van der Waals surface area contributed by atoms with Gasteiger partial charge < -0.3 is 10.6 Å². The maximum Gasteiger partial charge on any atom is 0.226 e. The van der Waals surface area contributed by atoms with Crippen molar-refractivity contribution in [2.45, 2.75) is 30.7 Å². The zero-order chi connectivity index (χ0) is 14.5. The molecule has 0 saturated carbocycles. The van der Waals surface area contributed by atoms with Crippen molar-refractivity contribution in [1.82, 2.24) is 4.90 Å². The highest BCUT2D eigenvalue weighted by atomic mass is 35.5. The van der Waals surface area contributed by atoms with Gasteiger partial charge in [-0.1, -0.05) is 6.92 Å². The van der Waals surface area contributed by atoms with Crippen molar-refractivity contribution in [3.63, 3.8) is 0 Å². The summed E-state index contributed by atoms with van der Waals surface area (Å²) >= 11 is 1.59. The Bertz CT molecular complexity index is 449. The number of benzene rings is 1. The van der Waals surface area contributed by atoms with E-state index in [-0.39, 0.29) is 36.1 Å². The summed E-state index contributed by atoms with van der Waals surface area (Å²) in [7, 11) is 0. The number of amides is 1. The van der Waals surface area contributed by atoms with Gasteiger partial charge in [-0.05, 0) is 37.1 Å². The molecule has 0 spiro atoms. The first kappa shape index (κ1) is 18.3. The Morgan fingerprint density at radius 2 is 1.95 bits per heavy atom. The molecule has 3 nitrogen and oxygen atoms in total. The van der Waals surface area contributed by atoms with Crippen LogP contribution in [0.15, 0.2) is 29.2 Å². The number of likely N-dealkylation sites (tertiary alicyclic amines) is 1. The average molecular weight is 333 g/mol. The Morgan fingerprint density at radius 3 is 2.52 bits per heavy atom. The van der Waals surface area contributed by atoms with Crippen molar-refractivity contribution in [3.8, 4) is 0 Å². The van der Waals surface area contributed by atoms with Crippen LogP contribution in [0.25, 0.3) is 0 Å². The number of halogens is 2. The van der Waals surface area contributed by atoms with Crippen molar-refractivity contribution in [3.05, 3.63) is 30.1 Å².